The van der Waals surface area contributed by atoms with Crippen molar-refractivity contribution in [3.63, 3.8) is 0 Å². The fraction of sp³-hybridized carbons (Fsp3) is 0.273. The van der Waals surface area contributed by atoms with E-state index in [2.05, 4.69) is 20.3 Å². The van der Waals surface area contributed by atoms with Gasteiger partial charge in [-0.25, -0.2) is 4.98 Å². The average molecular weight is 580 g/mol. The number of hydrogen-bond acceptors (Lipinski definition) is 7. The summed E-state index contributed by atoms with van der Waals surface area (Å²) in [6, 6.07) is 30.0. The molecular formula is C33H33N5O5. The molecule has 43 heavy (non-hydrogen) atoms. The molecule has 220 valence electrons. The number of aromatic amines is 1. The van der Waals surface area contributed by atoms with Gasteiger partial charge in [0.05, 0.1) is 19.0 Å². The van der Waals surface area contributed by atoms with Crippen molar-refractivity contribution in [3.05, 3.63) is 124 Å². The van der Waals surface area contributed by atoms with Crippen molar-refractivity contribution in [1.29, 1.82) is 0 Å². The molecular weight excluding hydrogens is 546 g/mol. The van der Waals surface area contributed by atoms with E-state index in [9.17, 15) is 14.7 Å². The first-order chi connectivity index (χ1) is 20.9. The van der Waals surface area contributed by atoms with Crippen molar-refractivity contribution in [1.82, 2.24) is 19.5 Å². The van der Waals surface area contributed by atoms with Gasteiger partial charge in [-0.2, -0.15) is 4.98 Å². The van der Waals surface area contributed by atoms with Gasteiger partial charge in [-0.3, -0.25) is 24.5 Å². The van der Waals surface area contributed by atoms with E-state index in [1.165, 1.54) is 6.33 Å². The summed E-state index contributed by atoms with van der Waals surface area (Å²) in [5.74, 6) is -0.554. The summed E-state index contributed by atoms with van der Waals surface area (Å²) in [6.07, 6.45) is -0.499. The SMILES string of the molecule is CC(C)C(=O)Nc1nc2c(ncn2[C@H]2C[C@H](O)[C@@H](COC(c3ccccc3)(c3ccccc3)c3ccccc3)O2)c(=O)[nH]1. The number of imidazole rings is 1. The molecule has 6 rings (SSSR count). The van der Waals surface area contributed by atoms with E-state index in [-0.39, 0.29) is 42.0 Å². The van der Waals surface area contributed by atoms with Crippen LogP contribution in [0.1, 0.15) is 43.2 Å². The lowest BCUT2D eigenvalue weighted by Crippen LogP contribution is -2.38. The second-order valence-electron chi connectivity index (χ2n) is 10.9. The number of aliphatic hydroxyl groups is 1. The summed E-state index contributed by atoms with van der Waals surface area (Å²) in [4.78, 5) is 36.1. The third kappa shape index (κ3) is 5.48. The van der Waals surface area contributed by atoms with Crippen LogP contribution in [-0.4, -0.2) is 49.3 Å². The molecule has 2 aromatic heterocycles. The van der Waals surface area contributed by atoms with Crippen molar-refractivity contribution < 1.29 is 19.4 Å². The van der Waals surface area contributed by atoms with Crippen LogP contribution in [0.25, 0.3) is 11.2 Å². The summed E-state index contributed by atoms with van der Waals surface area (Å²) in [6.45, 7) is 3.56. The van der Waals surface area contributed by atoms with Crippen LogP contribution in [0.15, 0.2) is 102 Å². The smallest absolute Gasteiger partial charge is 0.280 e. The number of hydrogen-bond donors (Lipinski definition) is 3. The molecule has 3 aromatic carbocycles. The predicted octanol–water partition coefficient (Wildman–Crippen LogP) is 4.37. The number of aliphatic hydroxyl groups excluding tert-OH is 1. The third-order valence-electron chi connectivity index (χ3n) is 7.72. The van der Waals surface area contributed by atoms with E-state index < -0.39 is 29.6 Å². The molecule has 1 amide bonds. The fourth-order valence-electron chi connectivity index (χ4n) is 5.47. The first-order valence-electron chi connectivity index (χ1n) is 14.3. The van der Waals surface area contributed by atoms with Crippen LogP contribution in [0.5, 0.6) is 0 Å². The standard InChI is InChI=1S/C33H33N5O5/c1-21(2)30(40)36-32-35-29-28(31(41)37-32)34-20-38(29)27-18-25(39)26(43-27)19-42-33(22-12-6-3-7-13-22,23-14-8-4-9-15-23)24-16-10-5-11-17-24/h3-17,20-21,25-27,39H,18-19H2,1-2H3,(H2,35,36,37,40,41)/t25-,26+,27+/m0/s1. The maximum absolute atomic E-state index is 12.7. The number of fused-ring (bicyclic) bond motifs is 1. The Labute approximate surface area is 248 Å². The molecule has 10 nitrogen and oxygen atoms in total. The highest BCUT2D eigenvalue weighted by molar-refractivity contribution is 5.91. The molecule has 0 unspecified atom stereocenters. The number of amides is 1. The highest BCUT2D eigenvalue weighted by atomic mass is 16.6. The summed E-state index contributed by atoms with van der Waals surface area (Å²) < 4.78 is 14.8. The summed E-state index contributed by atoms with van der Waals surface area (Å²) in [7, 11) is 0. The van der Waals surface area contributed by atoms with Gasteiger partial charge in [0.1, 0.15) is 17.9 Å². The van der Waals surface area contributed by atoms with Crippen molar-refractivity contribution >= 4 is 23.0 Å². The molecule has 10 heteroatoms. The van der Waals surface area contributed by atoms with Gasteiger partial charge in [-0.05, 0) is 16.7 Å². The van der Waals surface area contributed by atoms with Crippen LogP contribution in [0.3, 0.4) is 0 Å². The molecule has 1 aliphatic heterocycles. The summed E-state index contributed by atoms with van der Waals surface area (Å²) >= 11 is 0. The van der Waals surface area contributed by atoms with Gasteiger partial charge in [0, 0.05) is 12.3 Å². The van der Waals surface area contributed by atoms with Gasteiger partial charge in [-0.15, -0.1) is 0 Å². The molecule has 0 radical (unpaired) electrons. The topological polar surface area (TPSA) is 131 Å². The molecule has 0 bridgehead atoms. The molecule has 5 aromatic rings. The number of nitrogens with zero attached hydrogens (tertiary/aromatic N) is 3. The van der Waals surface area contributed by atoms with Gasteiger partial charge in [-0.1, -0.05) is 105 Å². The number of nitrogens with one attached hydrogen (secondary N) is 2. The molecule has 3 heterocycles. The lowest BCUT2D eigenvalue weighted by atomic mass is 9.80. The number of anilines is 1. The van der Waals surface area contributed by atoms with Crippen molar-refractivity contribution in [2.45, 2.75) is 44.3 Å². The molecule has 0 aliphatic carbocycles. The van der Waals surface area contributed by atoms with Gasteiger partial charge in [0.15, 0.2) is 11.2 Å². The Bertz CT molecular complexity index is 1660. The van der Waals surface area contributed by atoms with E-state index in [1.54, 1.807) is 18.4 Å². The Balaban J connectivity index is 1.31. The Morgan fingerprint density at radius 1 is 1.02 bits per heavy atom. The van der Waals surface area contributed by atoms with E-state index >= 15 is 0 Å². The Hall–Kier alpha value is -4.64. The van der Waals surface area contributed by atoms with Gasteiger partial charge in [0.2, 0.25) is 11.9 Å². The quantitative estimate of drug-likeness (QED) is 0.221. The lowest BCUT2D eigenvalue weighted by Gasteiger charge is -2.37. The zero-order chi connectivity index (χ0) is 30.0. The number of carbonyl (C=O) groups excluding carboxylic acids is 1. The van der Waals surface area contributed by atoms with E-state index in [1.807, 2.05) is 91.0 Å². The van der Waals surface area contributed by atoms with Gasteiger partial charge < -0.3 is 14.6 Å². The maximum Gasteiger partial charge on any atom is 0.280 e. The van der Waals surface area contributed by atoms with Crippen LogP contribution in [0.2, 0.25) is 0 Å². The zero-order valence-electron chi connectivity index (χ0n) is 23.9. The van der Waals surface area contributed by atoms with Crippen molar-refractivity contribution in [2.75, 3.05) is 11.9 Å². The molecule has 1 fully saturated rings. The molecule has 1 aliphatic rings. The van der Waals surface area contributed by atoms with Crippen LogP contribution in [0.4, 0.5) is 5.95 Å². The van der Waals surface area contributed by atoms with E-state index in [0.29, 0.717) is 0 Å². The van der Waals surface area contributed by atoms with Gasteiger partial charge >= 0.3 is 0 Å². The monoisotopic (exact) mass is 579 g/mol. The minimum absolute atomic E-state index is 0.0229. The largest absolute Gasteiger partial charge is 0.390 e. The number of ether oxygens (including phenoxy) is 2. The van der Waals surface area contributed by atoms with E-state index in [4.69, 9.17) is 9.47 Å². The number of carbonyl (C=O) groups is 1. The predicted molar refractivity (Wildman–Crippen MR) is 161 cm³/mol. The Morgan fingerprint density at radius 3 is 2.12 bits per heavy atom. The van der Waals surface area contributed by atoms with E-state index in [0.717, 1.165) is 16.7 Å². The first-order valence-corrected chi connectivity index (χ1v) is 14.3. The second-order valence-corrected chi connectivity index (χ2v) is 10.9. The second kappa shape index (κ2) is 11.9. The molecule has 0 spiro atoms. The zero-order valence-corrected chi connectivity index (χ0v) is 23.9. The Kier molecular flexibility index (Phi) is 7.90. The minimum Gasteiger partial charge on any atom is -0.390 e. The van der Waals surface area contributed by atoms with Crippen molar-refractivity contribution in [2.24, 2.45) is 5.92 Å². The summed E-state index contributed by atoms with van der Waals surface area (Å²) in [5, 5.41) is 13.8. The maximum atomic E-state index is 12.7. The van der Waals surface area contributed by atoms with Crippen LogP contribution in [-0.2, 0) is 19.9 Å². The molecule has 1 saturated heterocycles. The highest BCUT2D eigenvalue weighted by Crippen LogP contribution is 2.41. The normalized spacial score (nSPS) is 18.7. The Morgan fingerprint density at radius 2 is 1.58 bits per heavy atom. The summed E-state index contributed by atoms with van der Waals surface area (Å²) in [5.41, 5.74) is 1.72. The number of benzene rings is 3. The highest BCUT2D eigenvalue weighted by Gasteiger charge is 2.42. The number of H-pyrrole nitrogens is 1. The van der Waals surface area contributed by atoms with Crippen LogP contribution >= 0.6 is 0 Å². The molecule has 0 saturated carbocycles. The average Bonchev–Trinajstić information content (AvgIpc) is 3.62. The molecule has 3 N–H and O–H groups in total. The lowest BCUT2D eigenvalue weighted by molar-refractivity contribution is -0.118. The molecule has 3 atom stereocenters. The van der Waals surface area contributed by atoms with Crippen LogP contribution < -0.4 is 10.9 Å². The minimum atomic E-state index is -0.967. The fourth-order valence-corrected chi connectivity index (χ4v) is 5.47. The number of rotatable bonds is 9. The first kappa shape index (κ1) is 28.5. The third-order valence-corrected chi connectivity index (χ3v) is 7.72. The number of aromatic nitrogens is 4. The van der Waals surface area contributed by atoms with Crippen molar-refractivity contribution in [3.8, 4) is 0 Å². The van der Waals surface area contributed by atoms with Gasteiger partial charge in [0.25, 0.3) is 5.56 Å². The van der Waals surface area contributed by atoms with Crippen LogP contribution in [0, 0.1) is 5.92 Å².